The average molecular weight is 355 g/mol. The number of amides is 1. The maximum atomic E-state index is 12.5. The van der Waals surface area contributed by atoms with Crippen molar-refractivity contribution in [1.82, 2.24) is 4.98 Å². The molecule has 0 bridgehead atoms. The number of pyridine rings is 1. The molecule has 114 valence electrons. The van der Waals surface area contributed by atoms with Crippen molar-refractivity contribution < 1.29 is 14.3 Å². The van der Waals surface area contributed by atoms with Gasteiger partial charge in [0, 0.05) is 16.2 Å². The van der Waals surface area contributed by atoms with E-state index in [1.165, 1.54) is 0 Å². The first-order valence-electron chi connectivity index (χ1n) is 7.18. The molecule has 1 aliphatic heterocycles. The third kappa shape index (κ3) is 3.00. The summed E-state index contributed by atoms with van der Waals surface area (Å²) in [4.78, 5) is 18.5. The van der Waals surface area contributed by atoms with Crippen LogP contribution < -0.4 is 9.64 Å². The van der Waals surface area contributed by atoms with E-state index in [2.05, 4.69) is 20.9 Å². The van der Waals surface area contributed by atoms with Crippen molar-refractivity contribution in [3.05, 3.63) is 16.2 Å². The lowest BCUT2D eigenvalue weighted by Gasteiger charge is -2.32. The van der Waals surface area contributed by atoms with Gasteiger partial charge < -0.3 is 9.47 Å². The number of hydrogen-bond donors (Lipinski definition) is 0. The molecule has 1 amide bonds. The van der Waals surface area contributed by atoms with Crippen LogP contribution in [0, 0.1) is 0 Å². The van der Waals surface area contributed by atoms with Gasteiger partial charge in [0.05, 0.1) is 6.54 Å². The number of ether oxygens (including phenoxy) is 2. The maximum Gasteiger partial charge on any atom is 0.415 e. The molecular formula is C15H19BrN2O3. The van der Waals surface area contributed by atoms with Crippen LogP contribution in [0.2, 0.25) is 0 Å². The summed E-state index contributed by atoms with van der Waals surface area (Å²) >= 11 is 3.56. The van der Waals surface area contributed by atoms with E-state index in [9.17, 15) is 4.79 Å². The Balaban J connectivity index is 2.00. The lowest BCUT2D eigenvalue weighted by atomic mass is 10.1. The molecule has 0 saturated heterocycles. The van der Waals surface area contributed by atoms with E-state index in [1.807, 2.05) is 20.8 Å². The summed E-state index contributed by atoms with van der Waals surface area (Å²) in [6, 6.07) is 0. The van der Waals surface area contributed by atoms with E-state index >= 15 is 0 Å². The fourth-order valence-electron chi connectivity index (χ4n) is 2.45. The number of carbonyl (C=O) groups excluding carboxylic acids is 1. The minimum atomic E-state index is -0.519. The van der Waals surface area contributed by atoms with Crippen LogP contribution in [0.4, 0.5) is 10.5 Å². The molecule has 6 heteroatoms. The summed E-state index contributed by atoms with van der Waals surface area (Å²) in [6.07, 6.45) is 3.69. The van der Waals surface area contributed by atoms with E-state index in [-0.39, 0.29) is 6.09 Å². The third-order valence-electron chi connectivity index (χ3n) is 3.43. The molecule has 0 spiro atoms. The van der Waals surface area contributed by atoms with Gasteiger partial charge in [-0.15, -0.1) is 0 Å². The molecule has 2 aliphatic rings. The molecule has 5 nitrogen and oxygen atoms in total. The third-order valence-corrected chi connectivity index (χ3v) is 4.07. The highest BCUT2D eigenvalue weighted by atomic mass is 79.9. The van der Waals surface area contributed by atoms with Crippen LogP contribution in [-0.2, 0) is 4.74 Å². The lowest BCUT2D eigenvalue weighted by Crippen LogP contribution is -2.42. The van der Waals surface area contributed by atoms with Crippen LogP contribution in [0.25, 0.3) is 0 Å². The quantitative estimate of drug-likeness (QED) is 0.768. The van der Waals surface area contributed by atoms with Crippen LogP contribution in [-0.4, -0.2) is 29.8 Å². The molecule has 1 fully saturated rings. The van der Waals surface area contributed by atoms with Crippen molar-refractivity contribution in [2.45, 2.75) is 45.1 Å². The van der Waals surface area contributed by atoms with Gasteiger partial charge >= 0.3 is 6.09 Å². The first-order valence-corrected chi connectivity index (χ1v) is 7.98. The Bertz CT molecular complexity index is 579. The summed E-state index contributed by atoms with van der Waals surface area (Å²) in [7, 11) is 0. The predicted molar refractivity (Wildman–Crippen MR) is 83.0 cm³/mol. The van der Waals surface area contributed by atoms with E-state index in [4.69, 9.17) is 9.47 Å². The Labute approximate surface area is 132 Å². The molecule has 0 N–H and O–H groups in total. The summed E-state index contributed by atoms with van der Waals surface area (Å²) in [6.45, 7) is 6.53. The van der Waals surface area contributed by atoms with Crippen molar-refractivity contribution in [1.29, 1.82) is 0 Å². The number of fused-ring (bicyclic) bond motifs is 1. The predicted octanol–water partition coefficient (Wildman–Crippen LogP) is 3.86. The largest absolute Gasteiger partial charge is 0.474 e. The summed E-state index contributed by atoms with van der Waals surface area (Å²) in [5, 5.41) is 0. The van der Waals surface area contributed by atoms with Crippen molar-refractivity contribution in [2.75, 3.05) is 18.1 Å². The molecule has 3 rings (SSSR count). The Kier molecular flexibility index (Phi) is 3.59. The van der Waals surface area contributed by atoms with Gasteiger partial charge in [-0.05, 0) is 55.5 Å². The Morgan fingerprint density at radius 1 is 1.48 bits per heavy atom. The fraction of sp³-hybridized carbons (Fsp3) is 0.600. The van der Waals surface area contributed by atoms with E-state index in [0.29, 0.717) is 24.9 Å². The van der Waals surface area contributed by atoms with Gasteiger partial charge in [0.1, 0.15) is 17.9 Å². The van der Waals surface area contributed by atoms with E-state index < -0.39 is 5.60 Å². The SMILES string of the molecule is CC(C)(C)OC(=O)N1CCOc2ncc(Br)c(C3CC3)c21. The molecule has 0 unspecified atom stereocenters. The number of halogens is 1. The van der Waals surface area contributed by atoms with Crippen LogP contribution >= 0.6 is 15.9 Å². The number of hydrogen-bond acceptors (Lipinski definition) is 4. The Morgan fingerprint density at radius 2 is 2.19 bits per heavy atom. The van der Waals surface area contributed by atoms with Crippen molar-refractivity contribution >= 4 is 27.7 Å². The number of nitrogens with zero attached hydrogens (tertiary/aromatic N) is 2. The van der Waals surface area contributed by atoms with Gasteiger partial charge in [-0.2, -0.15) is 0 Å². The minimum Gasteiger partial charge on any atom is -0.474 e. The molecule has 0 aromatic carbocycles. The van der Waals surface area contributed by atoms with E-state index in [0.717, 1.165) is 28.6 Å². The standard InChI is InChI=1S/C15H19BrN2O3/c1-15(2,3)21-14(19)18-6-7-20-13-12(18)11(9-4-5-9)10(16)8-17-13/h8-9H,4-7H2,1-3H3. The smallest absolute Gasteiger partial charge is 0.415 e. The van der Waals surface area contributed by atoms with Gasteiger partial charge in [-0.3, -0.25) is 4.90 Å². The monoisotopic (exact) mass is 354 g/mol. The zero-order chi connectivity index (χ0) is 15.2. The molecule has 21 heavy (non-hydrogen) atoms. The second-order valence-corrected chi connectivity index (χ2v) is 7.28. The van der Waals surface area contributed by atoms with Gasteiger partial charge in [-0.1, -0.05) is 0 Å². The molecule has 1 saturated carbocycles. The highest BCUT2D eigenvalue weighted by Crippen LogP contribution is 2.50. The topological polar surface area (TPSA) is 51.7 Å². The summed E-state index contributed by atoms with van der Waals surface area (Å²) in [5.74, 6) is 1.000. The zero-order valence-electron chi connectivity index (χ0n) is 12.5. The van der Waals surface area contributed by atoms with Crippen LogP contribution in [0.15, 0.2) is 10.7 Å². The second kappa shape index (κ2) is 5.16. The number of rotatable bonds is 1. The first-order chi connectivity index (χ1) is 9.87. The molecule has 1 aromatic heterocycles. The highest BCUT2D eigenvalue weighted by molar-refractivity contribution is 9.10. The van der Waals surface area contributed by atoms with Gasteiger partial charge in [0.25, 0.3) is 0 Å². The number of carbonyl (C=O) groups is 1. The average Bonchev–Trinajstić information content (AvgIpc) is 3.20. The number of anilines is 1. The Morgan fingerprint density at radius 3 is 2.81 bits per heavy atom. The normalized spacial score (nSPS) is 18.0. The summed E-state index contributed by atoms with van der Waals surface area (Å²) < 4.78 is 12.1. The molecule has 0 radical (unpaired) electrons. The first kappa shape index (κ1) is 14.6. The fourth-order valence-corrected chi connectivity index (χ4v) is 3.06. The molecule has 0 atom stereocenters. The highest BCUT2D eigenvalue weighted by Gasteiger charge is 2.37. The maximum absolute atomic E-state index is 12.5. The van der Waals surface area contributed by atoms with Crippen molar-refractivity contribution in [2.24, 2.45) is 0 Å². The van der Waals surface area contributed by atoms with Crippen LogP contribution in [0.3, 0.4) is 0 Å². The summed E-state index contributed by atoms with van der Waals surface area (Å²) in [5.41, 5.74) is 1.37. The zero-order valence-corrected chi connectivity index (χ0v) is 14.1. The lowest BCUT2D eigenvalue weighted by molar-refractivity contribution is 0.0566. The van der Waals surface area contributed by atoms with Gasteiger partial charge in [0.2, 0.25) is 5.88 Å². The van der Waals surface area contributed by atoms with Gasteiger partial charge in [0.15, 0.2) is 0 Å². The van der Waals surface area contributed by atoms with Crippen molar-refractivity contribution in [3.8, 4) is 5.88 Å². The second-order valence-electron chi connectivity index (χ2n) is 6.43. The van der Waals surface area contributed by atoms with Crippen LogP contribution in [0.5, 0.6) is 5.88 Å². The van der Waals surface area contributed by atoms with Crippen molar-refractivity contribution in [3.63, 3.8) is 0 Å². The van der Waals surface area contributed by atoms with Crippen LogP contribution in [0.1, 0.15) is 45.1 Å². The molecular weight excluding hydrogens is 336 g/mol. The Hall–Kier alpha value is -1.30. The molecule has 1 aliphatic carbocycles. The molecule has 2 heterocycles. The minimum absolute atomic E-state index is 0.339. The number of aromatic nitrogens is 1. The van der Waals surface area contributed by atoms with E-state index in [1.54, 1.807) is 11.1 Å². The molecule has 1 aromatic rings. The van der Waals surface area contributed by atoms with Gasteiger partial charge in [-0.25, -0.2) is 9.78 Å².